The molecule has 30 heavy (non-hydrogen) atoms. The Morgan fingerprint density at radius 1 is 0.900 bits per heavy atom. The fourth-order valence-corrected chi connectivity index (χ4v) is 3.66. The molecule has 0 radical (unpaired) electrons. The number of hydrogen-bond acceptors (Lipinski definition) is 6. The number of nitrogens with one attached hydrogen (secondary N) is 1. The highest BCUT2D eigenvalue weighted by Gasteiger charge is 2.23. The second-order valence-corrected chi connectivity index (χ2v) is 7.29. The first-order valence-electron chi connectivity index (χ1n) is 10.0. The molecule has 1 N–H and O–H groups in total. The maximum Gasteiger partial charge on any atom is 0.279 e. The smallest absolute Gasteiger partial charge is 0.279 e. The second-order valence-electron chi connectivity index (χ2n) is 7.29. The molecule has 8 nitrogen and oxygen atoms in total. The van der Waals surface area contributed by atoms with Crippen LogP contribution >= 0.6 is 0 Å². The van der Waals surface area contributed by atoms with E-state index in [1.54, 1.807) is 6.92 Å². The first-order chi connectivity index (χ1) is 14.7. The molecule has 0 atom stereocenters. The monoisotopic (exact) mass is 399 g/mol. The van der Waals surface area contributed by atoms with Gasteiger partial charge in [-0.25, -0.2) is 9.97 Å². The molecule has 0 saturated carbocycles. The Morgan fingerprint density at radius 3 is 2.30 bits per heavy atom. The van der Waals surface area contributed by atoms with Gasteiger partial charge < -0.3 is 10.2 Å². The summed E-state index contributed by atoms with van der Waals surface area (Å²) in [4.78, 5) is 26.2. The third-order valence-electron chi connectivity index (χ3n) is 5.17. The van der Waals surface area contributed by atoms with E-state index >= 15 is 0 Å². The normalized spacial score (nSPS) is 13.7. The number of benzene rings is 2. The standard InChI is InChI=1S/C22H21N7O/c1-15-19(27-29(26-15)16-9-3-2-4-10-16)22(30)25-20-21(28-13-7-8-14-28)24-18-12-6-5-11-17(18)23-20/h2-6,9-12H,7-8,13-14H2,1H3,(H,23,25,30). The van der Waals surface area contributed by atoms with Crippen LogP contribution in [0.3, 0.4) is 0 Å². The molecular weight excluding hydrogens is 378 g/mol. The predicted octanol–water partition coefficient (Wildman–Crippen LogP) is 3.37. The summed E-state index contributed by atoms with van der Waals surface area (Å²) in [5.74, 6) is 0.807. The third kappa shape index (κ3) is 3.36. The van der Waals surface area contributed by atoms with Crippen molar-refractivity contribution in [2.75, 3.05) is 23.3 Å². The van der Waals surface area contributed by atoms with Crippen LogP contribution in [0.2, 0.25) is 0 Å². The molecule has 5 rings (SSSR count). The Hall–Kier alpha value is -3.81. The van der Waals surface area contributed by atoms with Crippen LogP contribution in [0.4, 0.5) is 11.6 Å². The van der Waals surface area contributed by atoms with E-state index in [1.807, 2.05) is 54.6 Å². The van der Waals surface area contributed by atoms with E-state index in [0.717, 1.165) is 42.7 Å². The van der Waals surface area contributed by atoms with Crippen LogP contribution in [0.5, 0.6) is 0 Å². The van der Waals surface area contributed by atoms with Gasteiger partial charge in [0.05, 0.1) is 22.4 Å². The molecule has 3 heterocycles. The Labute approximate surface area is 173 Å². The molecule has 2 aromatic carbocycles. The average molecular weight is 399 g/mol. The molecular formula is C22H21N7O. The van der Waals surface area contributed by atoms with Gasteiger partial charge in [-0.1, -0.05) is 30.3 Å². The number of hydrogen-bond donors (Lipinski definition) is 1. The van der Waals surface area contributed by atoms with Crippen LogP contribution < -0.4 is 10.2 Å². The summed E-state index contributed by atoms with van der Waals surface area (Å²) in [5.41, 5.74) is 3.15. The quantitative estimate of drug-likeness (QED) is 0.566. The first-order valence-corrected chi connectivity index (χ1v) is 10.0. The van der Waals surface area contributed by atoms with Gasteiger partial charge in [-0.15, -0.1) is 5.10 Å². The van der Waals surface area contributed by atoms with E-state index in [-0.39, 0.29) is 11.6 Å². The summed E-state index contributed by atoms with van der Waals surface area (Å²) in [6.07, 6.45) is 2.21. The number of carbonyl (C=O) groups excluding carboxylic acids is 1. The van der Waals surface area contributed by atoms with Crippen molar-refractivity contribution in [2.24, 2.45) is 0 Å². The summed E-state index contributed by atoms with van der Waals surface area (Å²) < 4.78 is 0. The minimum absolute atomic E-state index is 0.265. The van der Waals surface area contributed by atoms with Gasteiger partial charge in [0, 0.05) is 13.1 Å². The van der Waals surface area contributed by atoms with Gasteiger partial charge in [0.1, 0.15) is 0 Å². The van der Waals surface area contributed by atoms with E-state index in [9.17, 15) is 4.79 Å². The number of fused-ring (bicyclic) bond motifs is 1. The summed E-state index contributed by atoms with van der Waals surface area (Å²) in [6, 6.07) is 17.2. The highest BCUT2D eigenvalue weighted by molar-refractivity contribution is 6.04. The summed E-state index contributed by atoms with van der Waals surface area (Å²) in [5, 5.41) is 11.7. The van der Waals surface area contributed by atoms with Gasteiger partial charge >= 0.3 is 0 Å². The van der Waals surface area contributed by atoms with Crippen molar-refractivity contribution < 1.29 is 4.79 Å². The fraction of sp³-hybridized carbons (Fsp3) is 0.227. The summed E-state index contributed by atoms with van der Waals surface area (Å²) >= 11 is 0. The Kier molecular flexibility index (Phi) is 4.59. The average Bonchev–Trinajstić information content (AvgIpc) is 3.44. The molecule has 0 unspecified atom stereocenters. The van der Waals surface area contributed by atoms with E-state index in [0.29, 0.717) is 17.3 Å². The van der Waals surface area contributed by atoms with Crippen molar-refractivity contribution in [3.63, 3.8) is 0 Å². The topological polar surface area (TPSA) is 88.8 Å². The molecule has 150 valence electrons. The van der Waals surface area contributed by atoms with Gasteiger partial charge in [-0.05, 0) is 44.0 Å². The van der Waals surface area contributed by atoms with Crippen molar-refractivity contribution in [3.8, 4) is 5.69 Å². The molecule has 8 heteroatoms. The van der Waals surface area contributed by atoms with Crippen molar-refractivity contribution in [1.82, 2.24) is 25.0 Å². The minimum Gasteiger partial charge on any atom is -0.354 e. The maximum atomic E-state index is 13.1. The fourth-order valence-electron chi connectivity index (χ4n) is 3.66. The highest BCUT2D eigenvalue weighted by Crippen LogP contribution is 2.28. The Morgan fingerprint density at radius 2 is 1.57 bits per heavy atom. The first kappa shape index (κ1) is 18.2. The lowest BCUT2D eigenvalue weighted by Crippen LogP contribution is -2.24. The molecule has 1 fully saturated rings. The van der Waals surface area contributed by atoms with E-state index in [2.05, 4.69) is 25.4 Å². The molecule has 1 amide bonds. The molecule has 1 aliphatic rings. The summed E-state index contributed by atoms with van der Waals surface area (Å²) in [7, 11) is 0. The van der Waals surface area contributed by atoms with Crippen molar-refractivity contribution in [3.05, 3.63) is 66.0 Å². The van der Waals surface area contributed by atoms with Gasteiger partial charge in [-0.3, -0.25) is 4.79 Å². The van der Waals surface area contributed by atoms with Gasteiger partial charge in [0.2, 0.25) is 0 Å². The van der Waals surface area contributed by atoms with Crippen LogP contribution in [0.15, 0.2) is 54.6 Å². The summed E-state index contributed by atoms with van der Waals surface area (Å²) in [6.45, 7) is 3.58. The predicted molar refractivity (Wildman–Crippen MR) is 115 cm³/mol. The van der Waals surface area contributed by atoms with E-state index in [4.69, 9.17) is 4.98 Å². The zero-order chi connectivity index (χ0) is 20.5. The number of aromatic nitrogens is 5. The lowest BCUT2D eigenvalue weighted by molar-refractivity contribution is 0.102. The Bertz CT molecular complexity index is 1210. The van der Waals surface area contributed by atoms with E-state index < -0.39 is 0 Å². The van der Waals surface area contributed by atoms with Crippen LogP contribution in [-0.4, -0.2) is 44.0 Å². The SMILES string of the molecule is Cc1nn(-c2ccccc2)nc1C(=O)Nc1nc2ccccc2nc1N1CCCC1. The number of amides is 1. The zero-order valence-electron chi connectivity index (χ0n) is 16.6. The zero-order valence-corrected chi connectivity index (χ0v) is 16.6. The molecule has 4 aromatic rings. The number of para-hydroxylation sites is 3. The van der Waals surface area contributed by atoms with Crippen molar-refractivity contribution >= 4 is 28.6 Å². The van der Waals surface area contributed by atoms with Gasteiger partial charge in [0.25, 0.3) is 5.91 Å². The van der Waals surface area contributed by atoms with E-state index in [1.165, 1.54) is 4.80 Å². The van der Waals surface area contributed by atoms with Gasteiger partial charge in [-0.2, -0.15) is 9.90 Å². The largest absolute Gasteiger partial charge is 0.354 e. The Balaban J connectivity index is 1.50. The number of rotatable bonds is 4. The minimum atomic E-state index is -0.347. The van der Waals surface area contributed by atoms with Crippen LogP contribution in [-0.2, 0) is 0 Å². The molecule has 0 bridgehead atoms. The molecule has 0 spiro atoms. The molecule has 0 aliphatic carbocycles. The van der Waals surface area contributed by atoms with Crippen LogP contribution in [0, 0.1) is 6.92 Å². The lowest BCUT2D eigenvalue weighted by Gasteiger charge is -2.20. The molecule has 2 aromatic heterocycles. The number of aryl methyl sites for hydroxylation is 1. The van der Waals surface area contributed by atoms with Crippen LogP contribution in [0.1, 0.15) is 29.0 Å². The lowest BCUT2D eigenvalue weighted by atomic mass is 10.3. The molecule has 1 saturated heterocycles. The van der Waals surface area contributed by atoms with Crippen LogP contribution in [0.25, 0.3) is 16.7 Å². The molecule has 1 aliphatic heterocycles. The third-order valence-corrected chi connectivity index (χ3v) is 5.17. The number of nitrogens with zero attached hydrogens (tertiary/aromatic N) is 6. The number of carbonyl (C=O) groups is 1. The van der Waals surface area contributed by atoms with Crippen molar-refractivity contribution in [1.29, 1.82) is 0 Å². The highest BCUT2D eigenvalue weighted by atomic mass is 16.2. The van der Waals surface area contributed by atoms with Gasteiger partial charge in [0.15, 0.2) is 17.3 Å². The number of anilines is 2. The second kappa shape index (κ2) is 7.55. The maximum absolute atomic E-state index is 13.1. The van der Waals surface area contributed by atoms with Crippen molar-refractivity contribution in [2.45, 2.75) is 19.8 Å².